The molecule has 0 unspecified atom stereocenters. The highest BCUT2D eigenvalue weighted by Gasteiger charge is 2.18. The van der Waals surface area contributed by atoms with Crippen LogP contribution in [0.2, 0.25) is 0 Å². The number of oxazole rings is 1. The summed E-state index contributed by atoms with van der Waals surface area (Å²) < 4.78 is 45.8. The number of nitrogens with zero attached hydrogens (tertiary/aromatic N) is 5. The number of aryl methyl sites for hydroxylation is 1. The summed E-state index contributed by atoms with van der Waals surface area (Å²) in [5.74, 6) is 2.94. The Morgan fingerprint density at radius 1 is 0.682 bits per heavy atom. The molecule has 0 fully saturated rings. The van der Waals surface area contributed by atoms with Gasteiger partial charge in [-0.1, -0.05) is 18.4 Å². The molecule has 0 saturated carbocycles. The smallest absolute Gasteiger partial charge is 0.292 e. The number of amides is 1. The lowest BCUT2D eigenvalue weighted by Crippen LogP contribution is -2.27. The van der Waals surface area contributed by atoms with E-state index in [-0.39, 0.29) is 23.5 Å². The van der Waals surface area contributed by atoms with E-state index in [2.05, 4.69) is 26.2 Å². The van der Waals surface area contributed by atoms with Crippen molar-refractivity contribution in [3.8, 4) is 23.6 Å². The number of ether oxygens (including phenoxy) is 7. The zero-order chi connectivity index (χ0) is 46.6. The first-order chi connectivity index (χ1) is 32.3. The van der Waals surface area contributed by atoms with Crippen LogP contribution >= 0.6 is 0 Å². The van der Waals surface area contributed by atoms with Crippen LogP contribution in [-0.4, -0.2) is 141 Å². The van der Waals surface area contributed by atoms with Gasteiger partial charge in [0.15, 0.2) is 11.2 Å². The van der Waals surface area contributed by atoms with Gasteiger partial charge in [0.1, 0.15) is 34.9 Å². The van der Waals surface area contributed by atoms with Crippen LogP contribution in [0.4, 0.5) is 11.8 Å². The molecule has 19 heteroatoms. The standard InChI is InChI=1S/C47H62N8O11/c1-2-35-8-6-9-37(32-35)46(58)50-16-21-62-25-29-64-27-23-61-20-15-39(57)11-7-18-59-22-26-63-30-31-65-28-24-60-19-14-38(56)10-4-3-5-17-55-45-42(44(48)51-34-52-45)43(54-55)36-12-13-41-40(33-36)53-47(49)66-41/h1,6,8-9,12-13,32-34H,3-5,7,10-11,14-31H2,(H2,49,53)(H,50,58)(H2,48,51,52). The number of nitrogen functional groups attached to an aromatic ring is 2. The normalized spacial score (nSPS) is 11.4. The number of terminal acetylenes is 1. The van der Waals surface area contributed by atoms with Crippen molar-refractivity contribution in [2.24, 2.45) is 0 Å². The fourth-order valence-electron chi connectivity index (χ4n) is 6.63. The maximum Gasteiger partial charge on any atom is 0.292 e. The monoisotopic (exact) mass is 914 g/mol. The Morgan fingerprint density at radius 3 is 1.97 bits per heavy atom. The third kappa shape index (κ3) is 18.2. The van der Waals surface area contributed by atoms with Crippen molar-refractivity contribution < 1.29 is 52.0 Å². The molecule has 19 nitrogen and oxygen atoms in total. The molecule has 0 spiro atoms. The average molecular weight is 915 g/mol. The third-order valence-corrected chi connectivity index (χ3v) is 10.0. The minimum absolute atomic E-state index is 0.0959. The van der Waals surface area contributed by atoms with Crippen LogP contribution < -0.4 is 16.8 Å². The summed E-state index contributed by atoms with van der Waals surface area (Å²) >= 11 is 0. The first kappa shape index (κ1) is 51.1. The van der Waals surface area contributed by atoms with Gasteiger partial charge in [0.05, 0.1) is 91.3 Å². The molecule has 0 saturated heterocycles. The summed E-state index contributed by atoms with van der Waals surface area (Å²) in [6.45, 7) is 6.67. The molecule has 0 bridgehead atoms. The first-order valence-corrected chi connectivity index (χ1v) is 22.4. The molecule has 0 radical (unpaired) electrons. The zero-order valence-corrected chi connectivity index (χ0v) is 37.5. The number of carbonyl (C=O) groups is 3. The van der Waals surface area contributed by atoms with E-state index in [1.54, 1.807) is 30.3 Å². The number of nitrogens with one attached hydrogen (secondary N) is 1. The zero-order valence-electron chi connectivity index (χ0n) is 37.5. The summed E-state index contributed by atoms with van der Waals surface area (Å²) in [5, 5.41) is 8.27. The summed E-state index contributed by atoms with van der Waals surface area (Å²) in [6, 6.07) is 12.5. The molecule has 0 aliphatic rings. The summed E-state index contributed by atoms with van der Waals surface area (Å²) in [4.78, 5) is 49.5. The SMILES string of the molecule is C#Cc1cccc(C(=O)NCCOCCOCCOCCC(=O)CCCOCCOCCOCCOCCC(=O)CCCCCn2nc(-c3ccc4oc(N)nc4c3)c3c(N)ncnc32)c1. The second-order valence-electron chi connectivity index (χ2n) is 15.0. The van der Waals surface area contributed by atoms with Crippen molar-refractivity contribution in [1.29, 1.82) is 0 Å². The van der Waals surface area contributed by atoms with E-state index < -0.39 is 0 Å². The first-order valence-electron chi connectivity index (χ1n) is 22.4. The Labute approximate surface area is 384 Å². The maximum absolute atomic E-state index is 12.4. The number of carbonyl (C=O) groups excluding carboxylic acids is 3. The number of ketones is 2. The quantitative estimate of drug-likeness (QED) is 0.0367. The molecule has 5 rings (SSSR count). The lowest BCUT2D eigenvalue weighted by atomic mass is 10.1. The molecule has 5 aromatic rings. The number of unbranched alkanes of at least 4 members (excludes halogenated alkanes) is 2. The number of anilines is 2. The lowest BCUT2D eigenvalue weighted by molar-refractivity contribution is -0.121. The van der Waals surface area contributed by atoms with Crippen LogP contribution in [0.25, 0.3) is 33.4 Å². The molecule has 1 amide bonds. The molecule has 3 aromatic heterocycles. The predicted molar refractivity (Wildman–Crippen MR) is 247 cm³/mol. The molecular formula is C47H62N8O11. The Morgan fingerprint density at radius 2 is 1.30 bits per heavy atom. The Hall–Kier alpha value is -5.85. The van der Waals surface area contributed by atoms with Crippen LogP contribution in [-0.2, 0) is 49.3 Å². The van der Waals surface area contributed by atoms with Crippen molar-refractivity contribution in [2.75, 3.05) is 111 Å². The van der Waals surface area contributed by atoms with Crippen LogP contribution in [0, 0.1) is 12.3 Å². The van der Waals surface area contributed by atoms with Gasteiger partial charge in [-0.25, -0.2) is 14.6 Å². The molecule has 356 valence electrons. The Kier molecular flexibility index (Phi) is 23.0. The van der Waals surface area contributed by atoms with Crippen molar-refractivity contribution in [1.82, 2.24) is 30.0 Å². The highest BCUT2D eigenvalue weighted by atomic mass is 16.6. The molecule has 0 atom stereocenters. The molecule has 3 heterocycles. The van der Waals surface area contributed by atoms with Crippen LogP contribution in [0.15, 0.2) is 53.2 Å². The van der Waals surface area contributed by atoms with Crippen LogP contribution in [0.5, 0.6) is 0 Å². The highest BCUT2D eigenvalue weighted by molar-refractivity contribution is 5.99. The largest absolute Gasteiger partial charge is 0.424 e. The van der Waals surface area contributed by atoms with Crippen molar-refractivity contribution in [3.05, 3.63) is 59.9 Å². The van der Waals surface area contributed by atoms with Crippen molar-refractivity contribution in [2.45, 2.75) is 57.9 Å². The molecule has 0 aliphatic carbocycles. The Balaban J connectivity index is 0.742. The molecule has 66 heavy (non-hydrogen) atoms. The summed E-state index contributed by atoms with van der Waals surface area (Å²) in [6.07, 6.45) is 11.5. The van der Waals surface area contributed by atoms with Crippen molar-refractivity contribution in [3.63, 3.8) is 0 Å². The predicted octanol–water partition coefficient (Wildman–Crippen LogP) is 4.59. The topological polar surface area (TPSA) is 250 Å². The van der Waals surface area contributed by atoms with Crippen LogP contribution in [0.1, 0.15) is 67.3 Å². The van der Waals surface area contributed by atoms with Gasteiger partial charge in [-0.05, 0) is 55.7 Å². The van der Waals surface area contributed by atoms with E-state index in [0.717, 1.165) is 24.8 Å². The van der Waals surface area contributed by atoms with Gasteiger partial charge in [0, 0.05) is 62.1 Å². The van der Waals surface area contributed by atoms with Crippen molar-refractivity contribution >= 4 is 51.4 Å². The molecule has 0 aliphatic heterocycles. The second-order valence-corrected chi connectivity index (χ2v) is 15.0. The fraction of sp³-hybridized carbons (Fsp3) is 0.511. The van der Waals surface area contributed by atoms with Crippen LogP contribution in [0.3, 0.4) is 0 Å². The number of hydrogen-bond acceptors (Lipinski definition) is 17. The maximum atomic E-state index is 12.4. The van der Waals surface area contributed by atoms with E-state index in [1.165, 1.54) is 6.33 Å². The van der Waals surface area contributed by atoms with E-state index in [1.807, 2.05) is 16.8 Å². The number of nitrogens with two attached hydrogens (primary N) is 2. The van der Waals surface area contributed by atoms with Gasteiger partial charge in [0.2, 0.25) is 0 Å². The van der Waals surface area contributed by atoms with E-state index >= 15 is 0 Å². The average Bonchev–Trinajstić information content (AvgIpc) is 3.90. The number of aromatic nitrogens is 5. The van der Waals surface area contributed by atoms with Gasteiger partial charge < -0.3 is 54.4 Å². The summed E-state index contributed by atoms with van der Waals surface area (Å²) in [5.41, 5.74) is 16.4. The number of fused-ring (bicyclic) bond motifs is 2. The van der Waals surface area contributed by atoms with E-state index in [0.29, 0.717) is 182 Å². The van der Waals surface area contributed by atoms with E-state index in [4.69, 9.17) is 60.6 Å². The molecule has 2 aromatic carbocycles. The fourth-order valence-corrected chi connectivity index (χ4v) is 6.63. The molecular weight excluding hydrogens is 853 g/mol. The summed E-state index contributed by atoms with van der Waals surface area (Å²) in [7, 11) is 0. The number of benzene rings is 2. The molecule has 5 N–H and O–H groups in total. The number of rotatable bonds is 36. The van der Waals surface area contributed by atoms with E-state index in [9.17, 15) is 14.4 Å². The van der Waals surface area contributed by atoms with Gasteiger partial charge >= 0.3 is 0 Å². The minimum Gasteiger partial charge on any atom is -0.424 e. The van der Waals surface area contributed by atoms with Gasteiger partial charge in [-0.3, -0.25) is 14.4 Å². The minimum atomic E-state index is -0.203. The number of hydrogen-bond donors (Lipinski definition) is 3. The highest BCUT2D eigenvalue weighted by Crippen LogP contribution is 2.32. The van der Waals surface area contributed by atoms with Gasteiger partial charge in [-0.2, -0.15) is 10.1 Å². The lowest BCUT2D eigenvalue weighted by Gasteiger charge is -2.08. The second kappa shape index (κ2) is 29.6. The van der Waals surface area contributed by atoms with Gasteiger partial charge in [-0.15, -0.1) is 6.42 Å². The Bertz CT molecular complexity index is 2290. The third-order valence-electron chi connectivity index (χ3n) is 10.0. The number of Topliss-reactive ketones (excluding diaryl/α,β-unsaturated/α-hetero) is 2. The van der Waals surface area contributed by atoms with Gasteiger partial charge in [0.25, 0.3) is 11.9 Å².